The SMILES string of the molecule is COCCS(=O)c1sc2nc(-c3cnn(C)c(=O)c3)cc(-c3ccccc3)c2c1N. The summed E-state index contributed by atoms with van der Waals surface area (Å²) in [6, 6.07) is 13.2. The second kappa shape index (κ2) is 8.47. The third kappa shape index (κ3) is 3.79. The van der Waals surface area contributed by atoms with Crippen molar-refractivity contribution < 1.29 is 8.95 Å². The maximum atomic E-state index is 12.8. The van der Waals surface area contributed by atoms with Crippen LogP contribution in [0.5, 0.6) is 0 Å². The van der Waals surface area contributed by atoms with E-state index in [2.05, 4.69) is 5.10 Å². The van der Waals surface area contributed by atoms with Crippen molar-refractivity contribution in [2.24, 2.45) is 7.05 Å². The molecule has 0 radical (unpaired) electrons. The molecular weight excluding hydrogens is 420 g/mol. The van der Waals surface area contributed by atoms with Gasteiger partial charge in [0.1, 0.15) is 9.04 Å². The molecule has 0 saturated carbocycles. The normalized spacial score (nSPS) is 12.3. The number of anilines is 1. The van der Waals surface area contributed by atoms with Gasteiger partial charge in [-0.05, 0) is 17.2 Å². The molecule has 1 atom stereocenters. The number of thiophene rings is 1. The molecule has 3 heterocycles. The van der Waals surface area contributed by atoms with Crippen molar-refractivity contribution in [1.82, 2.24) is 14.8 Å². The molecule has 0 aliphatic heterocycles. The van der Waals surface area contributed by atoms with Crippen molar-refractivity contribution in [3.05, 3.63) is 59.0 Å². The summed E-state index contributed by atoms with van der Waals surface area (Å²) < 4.78 is 19.7. The number of pyridine rings is 1. The van der Waals surface area contributed by atoms with E-state index in [4.69, 9.17) is 15.5 Å². The molecule has 7 nitrogen and oxygen atoms in total. The Kier molecular flexibility index (Phi) is 5.76. The van der Waals surface area contributed by atoms with E-state index in [1.807, 2.05) is 36.4 Å². The van der Waals surface area contributed by atoms with Crippen LogP contribution in [0.1, 0.15) is 0 Å². The van der Waals surface area contributed by atoms with Gasteiger partial charge in [-0.3, -0.25) is 9.00 Å². The fraction of sp³-hybridized carbons (Fsp3) is 0.190. The van der Waals surface area contributed by atoms with Crippen molar-refractivity contribution in [3.8, 4) is 22.4 Å². The van der Waals surface area contributed by atoms with E-state index in [0.29, 0.717) is 38.3 Å². The lowest BCUT2D eigenvalue weighted by atomic mass is 10.0. The second-order valence-corrected chi connectivity index (χ2v) is 9.42. The first-order valence-corrected chi connectivity index (χ1v) is 11.3. The van der Waals surface area contributed by atoms with Crippen LogP contribution in [-0.4, -0.2) is 38.4 Å². The van der Waals surface area contributed by atoms with Gasteiger partial charge in [0.2, 0.25) is 0 Å². The quantitative estimate of drug-likeness (QED) is 0.495. The molecular formula is C21H20N4O3S2. The minimum atomic E-state index is -1.29. The van der Waals surface area contributed by atoms with Crippen LogP contribution < -0.4 is 11.3 Å². The topological polar surface area (TPSA) is 100 Å². The van der Waals surface area contributed by atoms with Crippen molar-refractivity contribution in [2.75, 3.05) is 25.2 Å². The van der Waals surface area contributed by atoms with E-state index in [-0.39, 0.29) is 5.56 Å². The van der Waals surface area contributed by atoms with E-state index in [9.17, 15) is 9.00 Å². The summed E-state index contributed by atoms with van der Waals surface area (Å²) in [5.74, 6) is 0.361. The molecule has 154 valence electrons. The number of nitrogens with zero attached hydrogens (tertiary/aromatic N) is 3. The van der Waals surface area contributed by atoms with Gasteiger partial charge < -0.3 is 10.5 Å². The first-order valence-electron chi connectivity index (χ1n) is 9.19. The van der Waals surface area contributed by atoms with Gasteiger partial charge in [-0.2, -0.15) is 5.10 Å². The highest BCUT2D eigenvalue weighted by Crippen LogP contribution is 2.42. The molecule has 4 rings (SSSR count). The molecule has 0 bridgehead atoms. The highest BCUT2D eigenvalue weighted by Gasteiger charge is 2.21. The van der Waals surface area contributed by atoms with Crippen LogP contribution in [-0.2, 0) is 22.6 Å². The van der Waals surface area contributed by atoms with Gasteiger partial charge in [-0.1, -0.05) is 30.3 Å². The van der Waals surface area contributed by atoms with Crippen molar-refractivity contribution >= 4 is 38.0 Å². The van der Waals surface area contributed by atoms with E-state index in [1.165, 1.54) is 22.1 Å². The Balaban J connectivity index is 1.97. The fourth-order valence-corrected chi connectivity index (χ4v) is 5.69. The Bertz CT molecular complexity index is 1300. The third-order valence-corrected chi connectivity index (χ3v) is 7.57. The highest BCUT2D eigenvalue weighted by atomic mass is 32.2. The zero-order valence-corrected chi connectivity index (χ0v) is 18.1. The Morgan fingerprint density at radius 1 is 1.20 bits per heavy atom. The molecule has 9 heteroatoms. The van der Waals surface area contributed by atoms with Crippen molar-refractivity contribution in [1.29, 1.82) is 0 Å². The lowest BCUT2D eigenvalue weighted by molar-refractivity contribution is 0.218. The molecule has 0 fully saturated rings. The molecule has 1 unspecified atom stereocenters. The summed E-state index contributed by atoms with van der Waals surface area (Å²) in [5, 5.41) is 4.87. The predicted molar refractivity (Wildman–Crippen MR) is 121 cm³/mol. The standard InChI is InChI=1S/C21H20N4O3S2/c1-25-17(26)10-14(12-23-25)16-11-15(13-6-4-3-5-7-13)18-19(22)21(29-20(18)24-16)30(27)9-8-28-2/h3-7,10-12H,8-9,22H2,1-2H3. The smallest absolute Gasteiger partial charge is 0.267 e. The molecule has 4 aromatic rings. The molecule has 30 heavy (non-hydrogen) atoms. The molecule has 0 amide bonds. The minimum Gasteiger partial charge on any atom is -0.396 e. The number of fused-ring (bicyclic) bond motifs is 1. The van der Waals surface area contributed by atoms with Crippen LogP contribution in [0.4, 0.5) is 5.69 Å². The van der Waals surface area contributed by atoms with Gasteiger partial charge in [0.05, 0.1) is 40.7 Å². The molecule has 0 aliphatic rings. The van der Waals surface area contributed by atoms with Crippen molar-refractivity contribution in [2.45, 2.75) is 4.21 Å². The highest BCUT2D eigenvalue weighted by molar-refractivity contribution is 7.87. The van der Waals surface area contributed by atoms with Gasteiger partial charge >= 0.3 is 0 Å². The Morgan fingerprint density at radius 2 is 1.97 bits per heavy atom. The Labute approximate surface area is 179 Å². The fourth-order valence-electron chi connectivity index (χ4n) is 3.12. The number of hydrogen-bond acceptors (Lipinski definition) is 7. The zero-order chi connectivity index (χ0) is 21.3. The van der Waals surface area contributed by atoms with Crippen LogP contribution in [0, 0.1) is 0 Å². The van der Waals surface area contributed by atoms with Crippen LogP contribution in [0.2, 0.25) is 0 Å². The monoisotopic (exact) mass is 440 g/mol. The number of rotatable bonds is 6. The average molecular weight is 441 g/mol. The molecule has 0 spiro atoms. The number of methoxy groups -OCH3 is 1. The van der Waals surface area contributed by atoms with Gasteiger partial charge in [0.25, 0.3) is 5.56 Å². The van der Waals surface area contributed by atoms with E-state index in [0.717, 1.165) is 16.5 Å². The van der Waals surface area contributed by atoms with E-state index >= 15 is 0 Å². The molecule has 3 aromatic heterocycles. The third-order valence-electron chi connectivity index (χ3n) is 4.69. The number of nitrogen functional groups attached to an aromatic ring is 1. The Morgan fingerprint density at radius 3 is 2.67 bits per heavy atom. The first-order chi connectivity index (χ1) is 14.5. The number of benzene rings is 1. The van der Waals surface area contributed by atoms with Gasteiger partial charge in [-0.15, -0.1) is 11.3 Å². The Hall–Kier alpha value is -2.88. The average Bonchev–Trinajstić information content (AvgIpc) is 3.10. The summed E-state index contributed by atoms with van der Waals surface area (Å²) in [5.41, 5.74) is 9.77. The number of nitrogens with two attached hydrogens (primary N) is 1. The maximum Gasteiger partial charge on any atom is 0.267 e. The number of ether oxygens (including phenoxy) is 1. The summed E-state index contributed by atoms with van der Waals surface area (Å²) in [7, 11) is 1.88. The summed E-state index contributed by atoms with van der Waals surface area (Å²) in [6.45, 7) is 0.378. The lowest BCUT2D eigenvalue weighted by Gasteiger charge is -2.09. The van der Waals surface area contributed by atoms with E-state index in [1.54, 1.807) is 20.4 Å². The maximum absolute atomic E-state index is 12.8. The van der Waals surface area contributed by atoms with Crippen LogP contribution in [0.25, 0.3) is 32.6 Å². The summed E-state index contributed by atoms with van der Waals surface area (Å²) in [4.78, 5) is 17.5. The number of aromatic nitrogens is 3. The minimum absolute atomic E-state index is 0.220. The van der Waals surface area contributed by atoms with Gasteiger partial charge in [-0.25, -0.2) is 9.67 Å². The van der Waals surface area contributed by atoms with Crippen LogP contribution in [0.15, 0.2) is 57.7 Å². The number of hydrogen-bond donors (Lipinski definition) is 1. The summed E-state index contributed by atoms with van der Waals surface area (Å²) >= 11 is 1.31. The second-order valence-electron chi connectivity index (χ2n) is 6.65. The largest absolute Gasteiger partial charge is 0.396 e. The van der Waals surface area contributed by atoms with Crippen LogP contribution >= 0.6 is 11.3 Å². The van der Waals surface area contributed by atoms with Crippen LogP contribution in [0.3, 0.4) is 0 Å². The zero-order valence-electron chi connectivity index (χ0n) is 16.5. The van der Waals surface area contributed by atoms with Gasteiger partial charge in [0.15, 0.2) is 0 Å². The molecule has 0 saturated heterocycles. The predicted octanol–water partition coefficient (Wildman–Crippen LogP) is 3.06. The van der Waals surface area contributed by atoms with Crippen molar-refractivity contribution in [3.63, 3.8) is 0 Å². The number of aryl methyl sites for hydroxylation is 1. The van der Waals surface area contributed by atoms with Gasteiger partial charge in [0, 0.05) is 31.2 Å². The first kappa shape index (κ1) is 20.4. The molecule has 1 aromatic carbocycles. The lowest BCUT2D eigenvalue weighted by Crippen LogP contribution is -2.18. The van der Waals surface area contributed by atoms with E-state index < -0.39 is 10.8 Å². The molecule has 2 N–H and O–H groups in total. The summed E-state index contributed by atoms with van der Waals surface area (Å²) in [6.07, 6.45) is 1.61. The molecule has 0 aliphatic carbocycles.